The first-order chi connectivity index (χ1) is 12.6. The first kappa shape index (κ1) is 17.8. The van der Waals surface area contributed by atoms with Crippen molar-refractivity contribution in [3.05, 3.63) is 63.1 Å². The van der Waals surface area contributed by atoms with Crippen molar-refractivity contribution in [2.24, 2.45) is 11.1 Å². The highest BCUT2D eigenvalue weighted by atomic mass is 79.9. The van der Waals surface area contributed by atoms with Crippen LogP contribution in [-0.2, 0) is 10.4 Å². The topological polar surface area (TPSA) is 42.8 Å². The van der Waals surface area contributed by atoms with Crippen molar-refractivity contribution in [3.63, 3.8) is 0 Å². The summed E-state index contributed by atoms with van der Waals surface area (Å²) in [6.45, 7) is 1.51. The summed E-state index contributed by atoms with van der Waals surface area (Å²) in [6.07, 6.45) is 1.81. The highest BCUT2D eigenvalue weighted by molar-refractivity contribution is 9.10. The van der Waals surface area contributed by atoms with E-state index in [0.717, 1.165) is 51.5 Å². The van der Waals surface area contributed by atoms with E-state index in [-0.39, 0.29) is 11.5 Å². The molecule has 1 saturated carbocycles. The molecule has 0 amide bonds. The number of hydrogen-bond donors (Lipinski definition) is 1. The number of fused-ring (bicyclic) bond motifs is 2. The minimum atomic E-state index is -0.369. The minimum absolute atomic E-state index is 0.196. The van der Waals surface area contributed by atoms with E-state index in [2.05, 4.69) is 26.4 Å². The summed E-state index contributed by atoms with van der Waals surface area (Å²) < 4.78 is 7.44. The van der Waals surface area contributed by atoms with E-state index in [4.69, 9.17) is 21.2 Å². The van der Waals surface area contributed by atoms with Crippen LogP contribution in [0.3, 0.4) is 0 Å². The van der Waals surface area contributed by atoms with E-state index in [1.54, 1.807) is 0 Å². The fourth-order valence-corrected chi connectivity index (χ4v) is 3.97. The maximum atomic E-state index is 6.46. The van der Waals surface area contributed by atoms with Gasteiger partial charge in [0.2, 0.25) is 0 Å². The maximum Gasteiger partial charge on any atom is 0.143 e. The van der Waals surface area contributed by atoms with Gasteiger partial charge in [0.05, 0.1) is 11.6 Å². The molecule has 0 spiro atoms. The smallest absolute Gasteiger partial charge is 0.143 e. The number of ether oxygens (including phenoxy) is 1. The van der Waals surface area contributed by atoms with Crippen LogP contribution in [0.25, 0.3) is 0 Å². The zero-order valence-corrected chi connectivity index (χ0v) is 16.8. The quantitative estimate of drug-likeness (QED) is 0.526. The third-order valence-corrected chi connectivity index (χ3v) is 5.66. The third-order valence-electron chi connectivity index (χ3n) is 4.91. The number of rotatable bonds is 6. The molecule has 2 atom stereocenters. The fraction of sp³-hybridized carbons (Fsp3) is 0.350. The second-order valence-electron chi connectivity index (χ2n) is 6.66. The van der Waals surface area contributed by atoms with Gasteiger partial charge in [-0.3, -0.25) is 0 Å². The molecule has 6 heteroatoms. The van der Waals surface area contributed by atoms with Crippen molar-refractivity contribution in [1.29, 1.82) is 0 Å². The first-order valence-electron chi connectivity index (χ1n) is 8.73. The lowest BCUT2D eigenvalue weighted by molar-refractivity contribution is 0.134. The Hall–Kier alpha value is -1.56. The minimum Gasteiger partial charge on any atom is -0.481 e. The Morgan fingerprint density at radius 2 is 2.12 bits per heavy atom. The molecule has 4 rings (SSSR count). The van der Waals surface area contributed by atoms with Gasteiger partial charge in [-0.25, -0.2) is 0 Å². The number of benzene rings is 2. The fourth-order valence-electron chi connectivity index (χ4n) is 3.50. The summed E-state index contributed by atoms with van der Waals surface area (Å²) in [5, 5.41) is 8.34. The van der Waals surface area contributed by atoms with Gasteiger partial charge in [-0.2, -0.15) is 0 Å². The molecule has 0 saturated heterocycles. The van der Waals surface area contributed by atoms with Gasteiger partial charge in [0.1, 0.15) is 18.0 Å². The Morgan fingerprint density at radius 3 is 2.88 bits per heavy atom. The number of halogens is 2. The molecule has 1 fully saturated rings. The summed E-state index contributed by atoms with van der Waals surface area (Å²) >= 11 is 9.59. The van der Waals surface area contributed by atoms with Crippen LogP contribution in [-0.4, -0.2) is 25.9 Å². The summed E-state index contributed by atoms with van der Waals surface area (Å²) in [6, 6.07) is 13.9. The van der Waals surface area contributed by atoms with Gasteiger partial charge in [-0.1, -0.05) is 44.8 Å². The average Bonchev–Trinajstić information content (AvgIpc) is 3.36. The number of nitrogens with zero attached hydrogens (tertiary/aromatic N) is 1. The van der Waals surface area contributed by atoms with E-state index in [1.807, 2.05) is 49.5 Å². The predicted octanol–water partition coefficient (Wildman–Crippen LogP) is 4.74. The van der Waals surface area contributed by atoms with Crippen LogP contribution in [0.4, 0.5) is 0 Å². The molecule has 2 aliphatic rings. The van der Waals surface area contributed by atoms with Crippen LogP contribution in [0.1, 0.15) is 24.0 Å². The molecular weight excluding hydrogens is 416 g/mol. The second kappa shape index (κ2) is 7.22. The van der Waals surface area contributed by atoms with E-state index in [1.165, 1.54) is 0 Å². The predicted molar refractivity (Wildman–Crippen MR) is 107 cm³/mol. The van der Waals surface area contributed by atoms with E-state index in [9.17, 15) is 0 Å². The molecule has 26 heavy (non-hydrogen) atoms. The molecular formula is C20H20BrClN2O2. The molecule has 1 N–H and O–H groups in total. The Labute approximate surface area is 166 Å². The highest BCUT2D eigenvalue weighted by Crippen LogP contribution is 2.60. The molecule has 2 aromatic rings. The van der Waals surface area contributed by atoms with Crippen molar-refractivity contribution in [2.45, 2.75) is 18.4 Å². The SMILES string of the molecule is CNCCCON=C1c2ccc(Br)cc2OC2(c3ccc(Cl)cc3)CC12. The molecule has 2 aromatic carbocycles. The largest absolute Gasteiger partial charge is 0.481 e. The average molecular weight is 436 g/mol. The van der Waals surface area contributed by atoms with Gasteiger partial charge in [-0.05, 0) is 55.9 Å². The molecule has 136 valence electrons. The lowest BCUT2D eigenvalue weighted by atomic mass is 9.96. The zero-order chi connectivity index (χ0) is 18.1. The summed E-state index contributed by atoms with van der Waals surface area (Å²) in [5.41, 5.74) is 2.73. The lowest BCUT2D eigenvalue weighted by Crippen LogP contribution is -2.28. The first-order valence-corrected chi connectivity index (χ1v) is 9.90. The molecule has 0 radical (unpaired) electrons. The second-order valence-corrected chi connectivity index (χ2v) is 8.01. The Morgan fingerprint density at radius 1 is 1.31 bits per heavy atom. The molecule has 0 aromatic heterocycles. The molecule has 1 aliphatic carbocycles. The highest BCUT2D eigenvalue weighted by Gasteiger charge is 2.64. The monoisotopic (exact) mass is 434 g/mol. The van der Waals surface area contributed by atoms with Crippen LogP contribution in [0, 0.1) is 5.92 Å². The molecule has 2 unspecified atom stereocenters. The molecule has 1 aliphatic heterocycles. The van der Waals surface area contributed by atoms with Crippen LogP contribution in [0.2, 0.25) is 5.02 Å². The Bertz CT molecular complexity index is 840. The Kier molecular flexibility index (Phi) is 4.95. The number of nitrogens with one attached hydrogen (secondary N) is 1. The van der Waals surface area contributed by atoms with Crippen molar-refractivity contribution in [1.82, 2.24) is 5.32 Å². The standard InChI is InChI=1S/C20H20BrClN2O2/c1-23-9-2-10-25-24-19-16-8-5-14(21)11-18(16)26-20(12-17(19)20)13-3-6-15(22)7-4-13/h3-8,11,17,23H,2,9-10,12H2,1H3. The van der Waals surface area contributed by atoms with E-state index >= 15 is 0 Å². The van der Waals surface area contributed by atoms with Crippen molar-refractivity contribution >= 4 is 33.2 Å². The van der Waals surface area contributed by atoms with Crippen LogP contribution >= 0.6 is 27.5 Å². The van der Waals surface area contributed by atoms with Gasteiger partial charge < -0.3 is 14.9 Å². The maximum absolute atomic E-state index is 6.46. The number of oxime groups is 1. The van der Waals surface area contributed by atoms with Gasteiger partial charge in [-0.15, -0.1) is 0 Å². The molecule has 0 bridgehead atoms. The molecule has 4 nitrogen and oxygen atoms in total. The van der Waals surface area contributed by atoms with Gasteiger partial charge in [0.15, 0.2) is 0 Å². The van der Waals surface area contributed by atoms with Crippen molar-refractivity contribution < 1.29 is 9.57 Å². The van der Waals surface area contributed by atoms with E-state index in [0.29, 0.717) is 6.61 Å². The summed E-state index contributed by atoms with van der Waals surface area (Å²) in [4.78, 5) is 5.62. The number of hydrogen-bond acceptors (Lipinski definition) is 4. The van der Waals surface area contributed by atoms with Gasteiger partial charge >= 0.3 is 0 Å². The van der Waals surface area contributed by atoms with Crippen LogP contribution in [0.5, 0.6) is 5.75 Å². The normalized spacial score (nSPS) is 24.6. The van der Waals surface area contributed by atoms with Crippen LogP contribution < -0.4 is 10.1 Å². The van der Waals surface area contributed by atoms with Gasteiger partial charge in [0.25, 0.3) is 0 Å². The Balaban J connectivity index is 1.66. The third kappa shape index (κ3) is 3.24. The van der Waals surface area contributed by atoms with Gasteiger partial charge in [0, 0.05) is 21.5 Å². The zero-order valence-electron chi connectivity index (χ0n) is 14.5. The van der Waals surface area contributed by atoms with E-state index < -0.39 is 0 Å². The molecule has 1 heterocycles. The lowest BCUT2D eigenvalue weighted by Gasteiger charge is -2.27. The summed E-state index contributed by atoms with van der Waals surface area (Å²) in [7, 11) is 1.93. The van der Waals surface area contributed by atoms with Crippen molar-refractivity contribution in [3.8, 4) is 5.75 Å². The summed E-state index contributed by atoms with van der Waals surface area (Å²) in [5.74, 6) is 1.03. The van der Waals surface area contributed by atoms with Crippen LogP contribution in [0.15, 0.2) is 52.1 Å². The van der Waals surface area contributed by atoms with Crippen molar-refractivity contribution in [2.75, 3.05) is 20.2 Å².